The predicted octanol–water partition coefficient (Wildman–Crippen LogP) is 3.25. The number of amides is 1. The van der Waals surface area contributed by atoms with Gasteiger partial charge in [-0.25, -0.2) is 0 Å². The van der Waals surface area contributed by atoms with E-state index in [-0.39, 0.29) is 11.5 Å². The number of hydrogen-bond donors (Lipinski definition) is 1. The minimum Gasteiger partial charge on any atom is -0.369 e. The van der Waals surface area contributed by atoms with Gasteiger partial charge >= 0.3 is 0 Å². The van der Waals surface area contributed by atoms with E-state index in [4.69, 9.17) is 0 Å². The predicted molar refractivity (Wildman–Crippen MR) is 126 cm³/mol. The summed E-state index contributed by atoms with van der Waals surface area (Å²) in [5, 5.41) is 14.2. The van der Waals surface area contributed by atoms with Crippen LogP contribution in [-0.4, -0.2) is 55.6 Å². The zero-order valence-electron chi connectivity index (χ0n) is 18.2. The molecule has 0 atom stereocenters. The molecule has 2 heterocycles. The van der Waals surface area contributed by atoms with E-state index in [0.717, 1.165) is 43.1 Å². The van der Waals surface area contributed by atoms with Crippen LogP contribution in [0.3, 0.4) is 0 Å². The molecule has 31 heavy (non-hydrogen) atoms. The van der Waals surface area contributed by atoms with Crippen molar-refractivity contribution >= 4 is 28.4 Å². The molecule has 0 radical (unpaired) electrons. The Bertz CT molecular complexity index is 1190. The summed E-state index contributed by atoms with van der Waals surface area (Å²) < 4.78 is 2.00. The average molecular weight is 414 g/mol. The number of nitrogens with one attached hydrogen (secondary N) is 1. The van der Waals surface area contributed by atoms with Crippen molar-refractivity contribution in [3.8, 4) is 17.3 Å². The molecule has 6 heteroatoms. The van der Waals surface area contributed by atoms with E-state index in [9.17, 15) is 10.1 Å². The lowest BCUT2D eigenvalue weighted by Gasteiger charge is -2.34. The average Bonchev–Trinajstić information content (AvgIpc) is 3.16. The second-order valence-corrected chi connectivity index (χ2v) is 7.99. The second-order valence-electron chi connectivity index (χ2n) is 7.99. The van der Waals surface area contributed by atoms with E-state index < -0.39 is 0 Å². The number of likely N-dealkylation sites (N-methyl/N-ethyl adjacent to an activating group) is 2. The van der Waals surface area contributed by atoms with Crippen molar-refractivity contribution < 1.29 is 4.79 Å². The Morgan fingerprint density at radius 1 is 1.00 bits per heavy atom. The minimum absolute atomic E-state index is 0.0881. The van der Waals surface area contributed by atoms with Crippen LogP contribution in [0.15, 0.2) is 54.1 Å². The van der Waals surface area contributed by atoms with Crippen molar-refractivity contribution in [1.82, 2.24) is 14.8 Å². The molecule has 0 bridgehead atoms. The first-order chi connectivity index (χ1) is 15.0. The third-order valence-corrected chi connectivity index (χ3v) is 6.03. The summed E-state index contributed by atoms with van der Waals surface area (Å²) in [5.74, 6) is -0.382. The second kappa shape index (κ2) is 8.66. The third kappa shape index (κ3) is 4.18. The maximum atomic E-state index is 11.8. The molecule has 1 saturated heterocycles. The smallest absolute Gasteiger partial charge is 0.261 e. The quantitative estimate of drug-likeness (QED) is 0.527. The molecule has 1 aliphatic rings. The van der Waals surface area contributed by atoms with Gasteiger partial charge in [-0.1, -0.05) is 18.2 Å². The number of nitrogens with zero attached hydrogens (tertiary/aromatic N) is 4. The summed E-state index contributed by atoms with van der Waals surface area (Å²) >= 11 is 0. The van der Waals surface area contributed by atoms with Gasteiger partial charge < -0.3 is 19.7 Å². The van der Waals surface area contributed by atoms with E-state index in [2.05, 4.69) is 58.6 Å². The van der Waals surface area contributed by atoms with E-state index in [1.807, 2.05) is 29.8 Å². The molecule has 1 N–H and O–H groups in total. The summed E-state index contributed by atoms with van der Waals surface area (Å²) in [6, 6.07) is 19.1. The number of hydrogen-bond acceptors (Lipinski definition) is 4. The lowest BCUT2D eigenvalue weighted by molar-refractivity contribution is -0.116. The number of benzene rings is 2. The van der Waals surface area contributed by atoms with Crippen molar-refractivity contribution in [2.45, 2.75) is 0 Å². The number of nitriles is 1. The summed E-state index contributed by atoms with van der Waals surface area (Å²) in [6.07, 6.45) is 1.62. The standard InChI is InChI=1S/C25H27N5O/c1-27-25(31)21(17-26)16-22-8-9-24(29(22)3)20-5-4-19-15-23(7-6-18(19)14-20)30-12-10-28(2)11-13-30/h4-9,14-16H,10-13H2,1-3H3,(H,27,31)/b21-16+. The molecule has 1 amide bonds. The highest BCUT2D eigenvalue weighted by Gasteiger charge is 2.15. The van der Waals surface area contributed by atoms with E-state index in [0.29, 0.717) is 0 Å². The zero-order valence-corrected chi connectivity index (χ0v) is 18.2. The van der Waals surface area contributed by atoms with Crippen LogP contribution in [0.1, 0.15) is 5.69 Å². The maximum Gasteiger partial charge on any atom is 0.261 e. The van der Waals surface area contributed by atoms with Crippen LogP contribution in [-0.2, 0) is 11.8 Å². The number of aromatic nitrogens is 1. The van der Waals surface area contributed by atoms with Gasteiger partial charge in [-0.15, -0.1) is 0 Å². The molecule has 0 aliphatic carbocycles. The number of carbonyl (C=O) groups excluding carboxylic acids is 1. The molecular formula is C25H27N5O. The highest BCUT2D eigenvalue weighted by molar-refractivity contribution is 6.01. The molecule has 1 fully saturated rings. The molecule has 6 nitrogen and oxygen atoms in total. The van der Waals surface area contributed by atoms with Crippen molar-refractivity contribution in [1.29, 1.82) is 5.26 Å². The highest BCUT2D eigenvalue weighted by Crippen LogP contribution is 2.29. The van der Waals surface area contributed by atoms with Crippen LogP contribution < -0.4 is 10.2 Å². The lowest BCUT2D eigenvalue weighted by Crippen LogP contribution is -2.44. The van der Waals surface area contributed by atoms with Crippen LogP contribution in [0.2, 0.25) is 0 Å². The number of rotatable bonds is 4. The van der Waals surface area contributed by atoms with Crippen molar-refractivity contribution in [3.05, 3.63) is 59.8 Å². The van der Waals surface area contributed by atoms with E-state index in [1.54, 1.807) is 6.08 Å². The van der Waals surface area contributed by atoms with Gasteiger partial charge in [0, 0.05) is 57.3 Å². The third-order valence-electron chi connectivity index (χ3n) is 6.03. The monoisotopic (exact) mass is 413 g/mol. The van der Waals surface area contributed by atoms with Gasteiger partial charge in [0.1, 0.15) is 11.6 Å². The Kier molecular flexibility index (Phi) is 5.79. The van der Waals surface area contributed by atoms with Crippen LogP contribution in [0.25, 0.3) is 28.1 Å². The molecule has 2 aromatic carbocycles. The number of piperazine rings is 1. The van der Waals surface area contributed by atoms with Gasteiger partial charge in [0.05, 0.1) is 0 Å². The Hall–Kier alpha value is -3.56. The molecule has 0 saturated carbocycles. The summed E-state index contributed by atoms with van der Waals surface area (Å²) in [6.45, 7) is 4.30. The van der Waals surface area contributed by atoms with Crippen LogP contribution in [0.4, 0.5) is 5.69 Å². The molecule has 1 aromatic heterocycles. The van der Waals surface area contributed by atoms with Gasteiger partial charge in [0.2, 0.25) is 0 Å². The van der Waals surface area contributed by atoms with Gasteiger partial charge in [0.25, 0.3) is 5.91 Å². The largest absolute Gasteiger partial charge is 0.369 e. The number of carbonyl (C=O) groups is 1. The molecular weight excluding hydrogens is 386 g/mol. The Balaban J connectivity index is 1.63. The number of anilines is 1. The van der Waals surface area contributed by atoms with Crippen LogP contribution >= 0.6 is 0 Å². The fourth-order valence-corrected chi connectivity index (χ4v) is 4.05. The molecule has 3 aromatic rings. The minimum atomic E-state index is -0.382. The molecule has 158 valence electrons. The number of fused-ring (bicyclic) bond motifs is 1. The first-order valence-electron chi connectivity index (χ1n) is 10.5. The SMILES string of the molecule is CNC(=O)/C(C#N)=C/c1ccc(-c2ccc3cc(N4CCN(C)CC4)ccc3c2)n1C. The van der Waals surface area contributed by atoms with E-state index >= 15 is 0 Å². The fraction of sp³-hybridized carbons (Fsp3) is 0.280. The Labute approximate surface area is 183 Å². The lowest BCUT2D eigenvalue weighted by atomic mass is 10.0. The molecule has 0 spiro atoms. The zero-order chi connectivity index (χ0) is 22.0. The molecule has 1 aliphatic heterocycles. The fourth-order valence-electron chi connectivity index (χ4n) is 4.05. The van der Waals surface area contributed by atoms with Gasteiger partial charge in [-0.3, -0.25) is 4.79 Å². The van der Waals surface area contributed by atoms with Crippen molar-refractivity contribution in [3.63, 3.8) is 0 Å². The van der Waals surface area contributed by atoms with Crippen molar-refractivity contribution in [2.24, 2.45) is 7.05 Å². The molecule has 4 rings (SSSR count). The normalized spacial score (nSPS) is 15.2. The van der Waals surface area contributed by atoms with Crippen molar-refractivity contribution in [2.75, 3.05) is 45.2 Å². The summed E-state index contributed by atoms with van der Waals surface area (Å²) in [7, 11) is 5.64. The maximum absolute atomic E-state index is 11.8. The van der Waals surface area contributed by atoms with E-state index in [1.165, 1.54) is 23.5 Å². The summed E-state index contributed by atoms with van der Waals surface area (Å²) in [4.78, 5) is 16.6. The molecule has 0 unspecified atom stereocenters. The van der Waals surface area contributed by atoms with Crippen LogP contribution in [0, 0.1) is 11.3 Å². The highest BCUT2D eigenvalue weighted by atomic mass is 16.1. The topological polar surface area (TPSA) is 64.3 Å². The van der Waals surface area contributed by atoms with Crippen LogP contribution in [0.5, 0.6) is 0 Å². The van der Waals surface area contributed by atoms with Gasteiger partial charge in [0.15, 0.2) is 0 Å². The Morgan fingerprint density at radius 2 is 1.71 bits per heavy atom. The first-order valence-corrected chi connectivity index (χ1v) is 10.5. The first kappa shape index (κ1) is 20.7. The van der Waals surface area contributed by atoms with Gasteiger partial charge in [-0.05, 0) is 59.8 Å². The summed E-state index contributed by atoms with van der Waals surface area (Å²) in [5.41, 5.74) is 4.30. The van der Waals surface area contributed by atoms with Gasteiger partial charge in [-0.2, -0.15) is 5.26 Å². The Morgan fingerprint density at radius 3 is 2.42 bits per heavy atom.